The van der Waals surface area contributed by atoms with Gasteiger partial charge in [0.05, 0.1) is 12.5 Å². The normalized spacial score (nSPS) is 49.2. The maximum absolute atomic E-state index is 13.6. The Morgan fingerprint density at radius 1 is 1.00 bits per heavy atom. The van der Waals surface area contributed by atoms with E-state index in [-0.39, 0.29) is 33.5 Å². The summed E-state index contributed by atoms with van der Waals surface area (Å²) in [4.78, 5) is 26.9. The number of carbonyl (C=O) groups excluding carboxylic acids is 2. The highest BCUT2D eigenvalue weighted by Gasteiger charge is 2.69. The largest absolute Gasteiger partial charge is 0.469 e. The summed E-state index contributed by atoms with van der Waals surface area (Å²) in [5.74, 6) is 3.76. The van der Waals surface area contributed by atoms with E-state index in [9.17, 15) is 9.59 Å². The van der Waals surface area contributed by atoms with E-state index in [0.29, 0.717) is 41.3 Å². The Morgan fingerprint density at radius 3 is 2.33 bits per heavy atom. The minimum atomic E-state index is -0.307. The molecule has 5 aliphatic rings. The van der Waals surface area contributed by atoms with Gasteiger partial charge in [0, 0.05) is 11.3 Å². The molecule has 0 spiro atoms. The number of methoxy groups -OCH3 is 1. The minimum Gasteiger partial charge on any atom is -0.469 e. The van der Waals surface area contributed by atoms with E-state index < -0.39 is 0 Å². The van der Waals surface area contributed by atoms with Crippen molar-refractivity contribution >= 4 is 11.8 Å². The van der Waals surface area contributed by atoms with Crippen LogP contribution < -0.4 is 0 Å². The van der Waals surface area contributed by atoms with Gasteiger partial charge in [-0.05, 0) is 117 Å². The quantitative estimate of drug-likeness (QED) is 0.296. The lowest BCUT2D eigenvalue weighted by Gasteiger charge is -2.69. The van der Waals surface area contributed by atoms with Crippen LogP contribution >= 0.6 is 0 Å². The standard InChI is InChI=1S/C33H50O3/c1-9-10-21-19-32(7)25(30(4,5)28(21)34)15-16-31(6)24-14-18-33(29(35)36-8)17-13-22(20(2)3)27(33)23(24)11-12-26(31)32/h9,21-27H,1-2,10-19H2,3-8H3/t21-,22-,23?,24?,25?,26?,27?,31-,32-,33-/m0/s1. The van der Waals surface area contributed by atoms with Crippen molar-refractivity contribution in [1.29, 1.82) is 0 Å². The SMILES string of the molecule is C=CC[C@H]1C[C@@]2(C)C(CC[C@@]3(C)C4CC[C@@]5(C(=O)OC)CC[C@@H](C(=C)C)C5C4CCC32)C(C)(C)C1=O. The maximum Gasteiger partial charge on any atom is 0.312 e. The molecule has 3 nitrogen and oxygen atoms in total. The van der Waals surface area contributed by atoms with Crippen molar-refractivity contribution in [2.75, 3.05) is 7.11 Å². The van der Waals surface area contributed by atoms with Gasteiger partial charge in [0.25, 0.3) is 0 Å². The van der Waals surface area contributed by atoms with Crippen LogP contribution in [0, 0.1) is 63.1 Å². The number of carbonyl (C=O) groups is 2. The third kappa shape index (κ3) is 3.29. The number of ether oxygens (including phenoxy) is 1. The Hall–Kier alpha value is -1.38. The lowest BCUT2D eigenvalue weighted by Crippen LogP contribution is -2.64. The molecular weight excluding hydrogens is 444 g/mol. The Balaban J connectivity index is 1.53. The number of hydrogen-bond acceptors (Lipinski definition) is 3. The third-order valence-corrected chi connectivity index (χ3v) is 13.1. The number of esters is 1. The van der Waals surface area contributed by atoms with Gasteiger partial charge >= 0.3 is 5.97 Å². The molecule has 0 amide bonds. The number of rotatable bonds is 4. The minimum absolute atomic E-state index is 0.0393. The molecule has 0 aromatic heterocycles. The molecular formula is C33H50O3. The molecule has 10 atom stereocenters. The molecule has 0 radical (unpaired) electrons. The first-order valence-corrected chi connectivity index (χ1v) is 14.8. The van der Waals surface area contributed by atoms with Crippen molar-refractivity contribution in [3.05, 3.63) is 24.8 Å². The summed E-state index contributed by atoms with van der Waals surface area (Å²) < 4.78 is 5.48. The summed E-state index contributed by atoms with van der Waals surface area (Å²) >= 11 is 0. The molecule has 36 heavy (non-hydrogen) atoms. The van der Waals surface area contributed by atoms with Crippen molar-refractivity contribution < 1.29 is 14.3 Å². The molecule has 0 aromatic carbocycles. The summed E-state index contributed by atoms with van der Waals surface area (Å²) in [6.07, 6.45) is 12.8. The predicted octanol–water partition coefficient (Wildman–Crippen LogP) is 7.80. The Bertz CT molecular complexity index is 962. The van der Waals surface area contributed by atoms with Gasteiger partial charge in [0.1, 0.15) is 5.78 Å². The average Bonchev–Trinajstić information content (AvgIpc) is 3.23. The summed E-state index contributed by atoms with van der Waals surface area (Å²) in [6.45, 7) is 20.2. The second-order valence-electron chi connectivity index (χ2n) is 14.7. The predicted molar refractivity (Wildman–Crippen MR) is 145 cm³/mol. The first-order valence-electron chi connectivity index (χ1n) is 14.8. The highest BCUT2D eigenvalue weighted by atomic mass is 16.5. The van der Waals surface area contributed by atoms with Gasteiger partial charge in [-0.2, -0.15) is 0 Å². The number of Topliss-reactive ketones (excluding diaryl/α,β-unsaturated/α-hetero) is 1. The van der Waals surface area contributed by atoms with Crippen LogP contribution in [0.3, 0.4) is 0 Å². The Kier molecular flexibility index (Phi) is 6.24. The van der Waals surface area contributed by atoms with E-state index in [1.165, 1.54) is 24.8 Å². The zero-order valence-corrected chi connectivity index (χ0v) is 23.8. The molecule has 5 rings (SSSR count). The van der Waals surface area contributed by atoms with Gasteiger partial charge in [-0.3, -0.25) is 9.59 Å². The highest BCUT2D eigenvalue weighted by molar-refractivity contribution is 5.88. The molecule has 5 unspecified atom stereocenters. The lowest BCUT2D eigenvalue weighted by atomic mass is 9.35. The average molecular weight is 495 g/mol. The summed E-state index contributed by atoms with van der Waals surface area (Å²) in [5.41, 5.74) is 1.14. The van der Waals surface area contributed by atoms with E-state index in [2.05, 4.69) is 47.8 Å². The van der Waals surface area contributed by atoms with Gasteiger partial charge in [0.15, 0.2) is 0 Å². The van der Waals surface area contributed by atoms with Gasteiger partial charge in [-0.25, -0.2) is 0 Å². The smallest absolute Gasteiger partial charge is 0.312 e. The third-order valence-electron chi connectivity index (χ3n) is 13.1. The zero-order valence-electron chi connectivity index (χ0n) is 23.8. The van der Waals surface area contributed by atoms with E-state index in [1.54, 1.807) is 7.11 Å². The molecule has 3 heteroatoms. The number of hydrogen-bond donors (Lipinski definition) is 0. The van der Waals surface area contributed by atoms with Crippen LogP contribution in [0.4, 0.5) is 0 Å². The van der Waals surface area contributed by atoms with Gasteiger partial charge in [-0.15, -0.1) is 6.58 Å². The molecule has 0 heterocycles. The molecule has 0 aromatic rings. The van der Waals surface area contributed by atoms with Crippen LogP contribution in [-0.4, -0.2) is 18.9 Å². The highest BCUT2D eigenvalue weighted by Crippen LogP contribution is 2.74. The number of allylic oxidation sites excluding steroid dienone is 2. The lowest BCUT2D eigenvalue weighted by molar-refractivity contribution is -0.207. The van der Waals surface area contributed by atoms with E-state index in [4.69, 9.17) is 4.74 Å². The van der Waals surface area contributed by atoms with E-state index in [0.717, 1.165) is 44.9 Å². The Labute approximate surface area is 219 Å². The van der Waals surface area contributed by atoms with Gasteiger partial charge in [-0.1, -0.05) is 45.9 Å². The molecule has 5 aliphatic carbocycles. The zero-order chi connectivity index (χ0) is 26.3. The second kappa shape index (κ2) is 8.57. The van der Waals surface area contributed by atoms with Crippen LogP contribution in [0.5, 0.6) is 0 Å². The topological polar surface area (TPSA) is 43.4 Å². The van der Waals surface area contributed by atoms with Gasteiger partial charge in [0.2, 0.25) is 0 Å². The fourth-order valence-electron chi connectivity index (χ4n) is 11.9. The summed E-state index contributed by atoms with van der Waals surface area (Å²) in [5, 5.41) is 0. The van der Waals surface area contributed by atoms with Crippen molar-refractivity contribution in [2.24, 2.45) is 63.1 Å². The van der Waals surface area contributed by atoms with Crippen molar-refractivity contribution in [2.45, 2.75) is 98.8 Å². The number of ketones is 1. The first kappa shape index (κ1) is 26.2. The second-order valence-corrected chi connectivity index (χ2v) is 14.7. The molecule has 0 N–H and O–H groups in total. The van der Waals surface area contributed by atoms with E-state index in [1.807, 2.05) is 6.08 Å². The monoisotopic (exact) mass is 494 g/mol. The fourth-order valence-corrected chi connectivity index (χ4v) is 11.9. The van der Waals surface area contributed by atoms with Crippen molar-refractivity contribution in [3.63, 3.8) is 0 Å². The van der Waals surface area contributed by atoms with Crippen molar-refractivity contribution in [3.8, 4) is 0 Å². The maximum atomic E-state index is 13.6. The molecule has 0 saturated heterocycles. The van der Waals surface area contributed by atoms with Crippen LogP contribution in [0.1, 0.15) is 98.8 Å². The molecule has 5 saturated carbocycles. The summed E-state index contributed by atoms with van der Waals surface area (Å²) in [7, 11) is 1.58. The van der Waals surface area contributed by atoms with Crippen molar-refractivity contribution in [1.82, 2.24) is 0 Å². The van der Waals surface area contributed by atoms with Crippen LogP contribution in [0.25, 0.3) is 0 Å². The molecule has 200 valence electrons. The van der Waals surface area contributed by atoms with Crippen LogP contribution in [0.2, 0.25) is 0 Å². The summed E-state index contributed by atoms with van der Waals surface area (Å²) in [6, 6.07) is 0. The molecule has 0 aliphatic heterocycles. The Morgan fingerprint density at radius 2 is 1.69 bits per heavy atom. The van der Waals surface area contributed by atoms with E-state index >= 15 is 0 Å². The van der Waals surface area contributed by atoms with Crippen LogP contribution in [-0.2, 0) is 14.3 Å². The first-order chi connectivity index (χ1) is 16.9. The fraction of sp³-hybridized carbons (Fsp3) is 0.818. The van der Waals surface area contributed by atoms with Gasteiger partial charge < -0.3 is 4.74 Å². The number of fused-ring (bicyclic) bond motifs is 7. The molecule has 0 bridgehead atoms. The van der Waals surface area contributed by atoms with Crippen LogP contribution in [0.15, 0.2) is 24.8 Å². The molecule has 5 fully saturated rings.